The van der Waals surface area contributed by atoms with E-state index >= 15 is 0 Å². The summed E-state index contributed by atoms with van der Waals surface area (Å²) in [6, 6.07) is 0.527. The smallest absolute Gasteiger partial charge is 0.315 e. The summed E-state index contributed by atoms with van der Waals surface area (Å²) < 4.78 is 0. The molecule has 5 aliphatic carbocycles. The highest BCUT2D eigenvalue weighted by Gasteiger charge is 2.50. The van der Waals surface area contributed by atoms with Gasteiger partial charge in [-0.2, -0.15) is 0 Å². The Balaban J connectivity index is 1.31. The first-order valence-corrected chi connectivity index (χ1v) is 8.75. The third-order valence-corrected chi connectivity index (χ3v) is 6.48. The van der Waals surface area contributed by atoms with Crippen molar-refractivity contribution >= 4 is 6.03 Å². The summed E-state index contributed by atoms with van der Waals surface area (Å²) in [5, 5.41) is 6.38. The zero-order chi connectivity index (χ0) is 13.6. The van der Waals surface area contributed by atoms with Gasteiger partial charge in [0.1, 0.15) is 0 Å². The highest BCUT2D eigenvalue weighted by molar-refractivity contribution is 5.74. The predicted molar refractivity (Wildman–Crippen MR) is 79.4 cm³/mol. The Kier molecular flexibility index (Phi) is 3.19. The van der Waals surface area contributed by atoms with Gasteiger partial charge in [0.2, 0.25) is 0 Å². The molecule has 0 aromatic carbocycles. The molecule has 0 radical (unpaired) electrons. The first-order valence-electron chi connectivity index (χ1n) is 8.75. The van der Waals surface area contributed by atoms with E-state index in [2.05, 4.69) is 10.6 Å². The van der Waals surface area contributed by atoms with Crippen molar-refractivity contribution in [3.05, 3.63) is 0 Å². The number of urea groups is 1. The zero-order valence-corrected chi connectivity index (χ0v) is 12.5. The molecule has 20 heavy (non-hydrogen) atoms. The van der Waals surface area contributed by atoms with Crippen molar-refractivity contribution in [2.24, 2.45) is 23.2 Å². The van der Waals surface area contributed by atoms with E-state index in [9.17, 15) is 4.79 Å². The van der Waals surface area contributed by atoms with Crippen LogP contribution in [0.1, 0.15) is 64.2 Å². The Labute approximate surface area is 122 Å². The van der Waals surface area contributed by atoms with E-state index in [0.29, 0.717) is 11.5 Å². The van der Waals surface area contributed by atoms with Crippen molar-refractivity contribution in [3.8, 4) is 0 Å². The first-order chi connectivity index (χ1) is 9.71. The number of nitrogens with one attached hydrogen (secondary N) is 2. The van der Waals surface area contributed by atoms with Crippen LogP contribution in [0.15, 0.2) is 0 Å². The largest absolute Gasteiger partial charge is 0.338 e. The van der Waals surface area contributed by atoms with Gasteiger partial charge in [-0.1, -0.05) is 12.8 Å². The van der Waals surface area contributed by atoms with Crippen LogP contribution in [0.4, 0.5) is 4.79 Å². The lowest BCUT2D eigenvalue weighted by Gasteiger charge is -2.56. The van der Waals surface area contributed by atoms with Crippen molar-refractivity contribution < 1.29 is 4.79 Å². The number of hydrogen-bond acceptors (Lipinski definition) is 1. The molecule has 0 aliphatic heterocycles. The standard InChI is InChI=1S/C17H28N2O/c20-16(19-15-3-1-2-4-15)18-11-17-8-12-5-13(9-17)7-14(6-12)10-17/h12-15H,1-11H2,(H2,18,19,20). The van der Waals surface area contributed by atoms with Gasteiger partial charge in [-0.05, 0) is 74.5 Å². The minimum atomic E-state index is 0.0904. The molecule has 0 aromatic rings. The Morgan fingerprint density at radius 3 is 2.05 bits per heavy atom. The highest BCUT2D eigenvalue weighted by atomic mass is 16.2. The molecule has 4 bridgehead atoms. The average molecular weight is 276 g/mol. The Hall–Kier alpha value is -0.730. The zero-order valence-electron chi connectivity index (χ0n) is 12.5. The fourth-order valence-corrected chi connectivity index (χ4v) is 6.08. The van der Waals surface area contributed by atoms with Crippen molar-refractivity contribution in [3.63, 3.8) is 0 Å². The maximum atomic E-state index is 12.1. The Morgan fingerprint density at radius 1 is 0.950 bits per heavy atom. The van der Waals surface area contributed by atoms with Gasteiger partial charge in [-0.3, -0.25) is 0 Å². The van der Waals surface area contributed by atoms with Gasteiger partial charge in [-0.25, -0.2) is 4.79 Å². The van der Waals surface area contributed by atoms with E-state index in [1.54, 1.807) is 0 Å². The molecule has 0 heterocycles. The number of amides is 2. The van der Waals surface area contributed by atoms with Crippen molar-refractivity contribution in [2.75, 3.05) is 6.54 Å². The topological polar surface area (TPSA) is 41.1 Å². The third kappa shape index (κ3) is 2.44. The van der Waals surface area contributed by atoms with Crippen LogP contribution in [0, 0.1) is 23.2 Å². The van der Waals surface area contributed by atoms with Crippen LogP contribution in [-0.2, 0) is 0 Å². The molecule has 5 fully saturated rings. The molecule has 0 spiro atoms. The minimum absolute atomic E-state index is 0.0904. The minimum Gasteiger partial charge on any atom is -0.338 e. The van der Waals surface area contributed by atoms with Crippen LogP contribution in [0.5, 0.6) is 0 Å². The van der Waals surface area contributed by atoms with Gasteiger partial charge in [0.05, 0.1) is 0 Å². The van der Waals surface area contributed by atoms with Crippen molar-refractivity contribution in [2.45, 2.75) is 70.3 Å². The summed E-state index contributed by atoms with van der Waals surface area (Å²) in [6.45, 7) is 0.926. The average Bonchev–Trinajstić information content (AvgIpc) is 2.88. The highest BCUT2D eigenvalue weighted by Crippen LogP contribution is 2.59. The monoisotopic (exact) mass is 276 g/mol. The number of carbonyl (C=O) groups is 1. The van der Waals surface area contributed by atoms with E-state index in [0.717, 1.165) is 24.3 Å². The lowest BCUT2D eigenvalue weighted by molar-refractivity contribution is -0.0498. The Morgan fingerprint density at radius 2 is 1.50 bits per heavy atom. The summed E-state index contributed by atoms with van der Waals surface area (Å²) in [7, 11) is 0. The maximum Gasteiger partial charge on any atom is 0.315 e. The summed E-state index contributed by atoms with van der Waals surface area (Å²) in [6.07, 6.45) is 13.5. The second-order valence-corrected chi connectivity index (χ2v) is 8.23. The summed E-state index contributed by atoms with van der Waals surface area (Å²) in [4.78, 5) is 12.1. The van der Waals surface area contributed by atoms with E-state index < -0.39 is 0 Å². The van der Waals surface area contributed by atoms with Crippen LogP contribution < -0.4 is 10.6 Å². The summed E-state index contributed by atoms with van der Waals surface area (Å²) in [5.74, 6) is 2.92. The lowest BCUT2D eigenvalue weighted by Crippen LogP contribution is -2.53. The quantitative estimate of drug-likeness (QED) is 0.814. The van der Waals surface area contributed by atoms with Gasteiger partial charge >= 0.3 is 6.03 Å². The molecule has 5 rings (SSSR count). The third-order valence-electron chi connectivity index (χ3n) is 6.48. The summed E-state index contributed by atoms with van der Waals surface area (Å²) >= 11 is 0. The molecular formula is C17H28N2O. The SMILES string of the molecule is O=C(NCC12CC3CC(CC(C3)C1)C2)NC1CCCC1. The second kappa shape index (κ2) is 4.92. The van der Waals surface area contributed by atoms with Crippen LogP contribution in [-0.4, -0.2) is 18.6 Å². The van der Waals surface area contributed by atoms with Gasteiger partial charge in [0.25, 0.3) is 0 Å². The molecule has 0 saturated heterocycles. The first kappa shape index (κ1) is 13.0. The number of rotatable bonds is 3. The fraction of sp³-hybridized carbons (Fsp3) is 0.941. The second-order valence-electron chi connectivity index (χ2n) is 8.23. The molecule has 0 atom stereocenters. The molecule has 5 aliphatic rings. The molecule has 3 nitrogen and oxygen atoms in total. The molecule has 0 aromatic heterocycles. The molecule has 0 unspecified atom stereocenters. The molecule has 112 valence electrons. The van der Waals surface area contributed by atoms with Crippen LogP contribution in [0.3, 0.4) is 0 Å². The maximum absolute atomic E-state index is 12.1. The van der Waals surface area contributed by atoms with Crippen molar-refractivity contribution in [1.29, 1.82) is 0 Å². The molecule has 2 N–H and O–H groups in total. The molecule has 3 heteroatoms. The van der Waals surface area contributed by atoms with E-state index in [4.69, 9.17) is 0 Å². The normalized spacial score (nSPS) is 42.9. The van der Waals surface area contributed by atoms with E-state index in [1.807, 2.05) is 0 Å². The Bertz CT molecular complexity index is 351. The van der Waals surface area contributed by atoms with Gasteiger partial charge < -0.3 is 10.6 Å². The molecule has 2 amide bonds. The number of carbonyl (C=O) groups excluding carboxylic acids is 1. The fourth-order valence-electron chi connectivity index (χ4n) is 6.08. The molecule has 5 saturated carbocycles. The predicted octanol–water partition coefficient (Wildman–Crippen LogP) is 3.44. The van der Waals surface area contributed by atoms with Crippen LogP contribution in [0.2, 0.25) is 0 Å². The molecular weight excluding hydrogens is 248 g/mol. The summed E-state index contributed by atoms with van der Waals surface area (Å²) in [5.41, 5.74) is 0.460. The van der Waals surface area contributed by atoms with E-state index in [-0.39, 0.29) is 6.03 Å². The van der Waals surface area contributed by atoms with E-state index in [1.165, 1.54) is 64.2 Å². The lowest BCUT2D eigenvalue weighted by atomic mass is 9.49. The van der Waals surface area contributed by atoms with Crippen LogP contribution in [0.25, 0.3) is 0 Å². The van der Waals surface area contributed by atoms with Gasteiger partial charge in [0, 0.05) is 12.6 Å². The van der Waals surface area contributed by atoms with Gasteiger partial charge in [0.15, 0.2) is 0 Å². The van der Waals surface area contributed by atoms with Crippen LogP contribution >= 0.6 is 0 Å². The van der Waals surface area contributed by atoms with Crippen molar-refractivity contribution in [1.82, 2.24) is 10.6 Å². The number of hydrogen-bond donors (Lipinski definition) is 2. The van der Waals surface area contributed by atoms with Gasteiger partial charge in [-0.15, -0.1) is 0 Å².